The van der Waals surface area contributed by atoms with E-state index in [-0.39, 0.29) is 0 Å². The maximum Gasteiger partial charge on any atom is 0.401 e. The van der Waals surface area contributed by atoms with E-state index in [1.807, 2.05) is 0 Å². The van der Waals surface area contributed by atoms with Crippen molar-refractivity contribution in [2.24, 2.45) is 0 Å². The second-order valence-corrected chi connectivity index (χ2v) is 5.33. The SMILES string of the molecule is COC(=O)C(NCC(F)(F)F)c1ccc(Br)c(Br)c1. The molecule has 1 rings (SSSR count). The van der Waals surface area contributed by atoms with Crippen molar-refractivity contribution in [2.45, 2.75) is 12.2 Å². The minimum Gasteiger partial charge on any atom is -0.468 e. The van der Waals surface area contributed by atoms with Gasteiger partial charge in [0.05, 0.1) is 13.7 Å². The van der Waals surface area contributed by atoms with Crippen LogP contribution in [0.5, 0.6) is 0 Å². The minimum absolute atomic E-state index is 0.381. The van der Waals surface area contributed by atoms with Gasteiger partial charge in [0.15, 0.2) is 0 Å². The zero-order chi connectivity index (χ0) is 14.6. The molecule has 1 N–H and O–H groups in total. The first-order chi connectivity index (χ1) is 8.74. The molecule has 0 fully saturated rings. The first kappa shape index (κ1) is 16.5. The number of nitrogens with one attached hydrogen (secondary N) is 1. The smallest absolute Gasteiger partial charge is 0.401 e. The van der Waals surface area contributed by atoms with Gasteiger partial charge in [-0.15, -0.1) is 0 Å². The number of carbonyl (C=O) groups is 1. The molecule has 0 aliphatic carbocycles. The van der Waals surface area contributed by atoms with Crippen LogP contribution in [0.15, 0.2) is 27.1 Å². The molecule has 0 radical (unpaired) electrons. The first-order valence-corrected chi connectivity index (χ1v) is 6.66. The van der Waals surface area contributed by atoms with Gasteiger partial charge in [-0.3, -0.25) is 5.32 Å². The molecule has 0 saturated heterocycles. The van der Waals surface area contributed by atoms with E-state index < -0.39 is 24.7 Å². The van der Waals surface area contributed by atoms with Crippen LogP contribution in [0, 0.1) is 0 Å². The summed E-state index contributed by atoms with van der Waals surface area (Å²) in [5.74, 6) is -0.779. The van der Waals surface area contributed by atoms with Crippen LogP contribution in [0.25, 0.3) is 0 Å². The van der Waals surface area contributed by atoms with Gasteiger partial charge in [0.2, 0.25) is 0 Å². The average Bonchev–Trinajstić information content (AvgIpc) is 2.32. The quantitative estimate of drug-likeness (QED) is 0.779. The van der Waals surface area contributed by atoms with E-state index in [1.54, 1.807) is 18.2 Å². The molecule has 1 unspecified atom stereocenters. The zero-order valence-corrected chi connectivity index (χ0v) is 12.9. The van der Waals surface area contributed by atoms with Crippen molar-refractivity contribution in [3.8, 4) is 0 Å². The number of rotatable bonds is 4. The number of carbonyl (C=O) groups excluding carboxylic acids is 1. The van der Waals surface area contributed by atoms with E-state index in [2.05, 4.69) is 41.9 Å². The van der Waals surface area contributed by atoms with Gasteiger partial charge in [-0.1, -0.05) is 6.07 Å². The molecule has 0 bridgehead atoms. The van der Waals surface area contributed by atoms with Crippen LogP contribution in [0.4, 0.5) is 13.2 Å². The van der Waals surface area contributed by atoms with Crippen LogP contribution in [-0.4, -0.2) is 25.8 Å². The molecule has 0 aromatic heterocycles. The average molecular weight is 405 g/mol. The lowest BCUT2D eigenvalue weighted by Crippen LogP contribution is -2.36. The summed E-state index contributed by atoms with van der Waals surface area (Å²) in [5, 5.41) is 2.14. The molecule has 0 spiro atoms. The van der Waals surface area contributed by atoms with Gasteiger partial charge in [-0.2, -0.15) is 13.2 Å². The maximum absolute atomic E-state index is 12.2. The van der Waals surface area contributed by atoms with Crippen molar-refractivity contribution in [1.82, 2.24) is 5.32 Å². The summed E-state index contributed by atoms with van der Waals surface area (Å²) in [6, 6.07) is 3.55. The Balaban J connectivity index is 2.96. The molecular formula is C11H10Br2F3NO2. The fraction of sp³-hybridized carbons (Fsp3) is 0.364. The highest BCUT2D eigenvalue weighted by molar-refractivity contribution is 9.13. The third kappa shape index (κ3) is 5.12. The highest BCUT2D eigenvalue weighted by Crippen LogP contribution is 2.27. The molecule has 3 nitrogen and oxygen atoms in total. The molecule has 1 aromatic carbocycles. The van der Waals surface area contributed by atoms with E-state index in [4.69, 9.17) is 0 Å². The van der Waals surface area contributed by atoms with Gasteiger partial charge < -0.3 is 4.74 Å². The largest absolute Gasteiger partial charge is 0.468 e. The topological polar surface area (TPSA) is 38.3 Å². The first-order valence-electron chi connectivity index (χ1n) is 5.07. The van der Waals surface area contributed by atoms with Crippen molar-refractivity contribution in [1.29, 1.82) is 0 Å². The van der Waals surface area contributed by atoms with Crippen molar-refractivity contribution < 1.29 is 22.7 Å². The van der Waals surface area contributed by atoms with Gasteiger partial charge in [-0.25, -0.2) is 4.79 Å². The molecular weight excluding hydrogens is 395 g/mol. The van der Waals surface area contributed by atoms with E-state index in [9.17, 15) is 18.0 Å². The number of hydrogen-bond donors (Lipinski definition) is 1. The number of methoxy groups -OCH3 is 1. The lowest BCUT2D eigenvalue weighted by atomic mass is 10.1. The van der Waals surface area contributed by atoms with Gasteiger partial charge in [0, 0.05) is 8.95 Å². The number of alkyl halides is 3. The molecule has 0 amide bonds. The van der Waals surface area contributed by atoms with Crippen LogP contribution in [0.1, 0.15) is 11.6 Å². The van der Waals surface area contributed by atoms with Crippen molar-refractivity contribution >= 4 is 37.8 Å². The fourth-order valence-corrected chi connectivity index (χ4v) is 2.01. The Hall–Kier alpha value is -0.600. The third-order valence-electron chi connectivity index (χ3n) is 2.22. The molecule has 0 aliphatic rings. The van der Waals surface area contributed by atoms with E-state index in [1.165, 1.54) is 0 Å². The van der Waals surface area contributed by atoms with Gasteiger partial charge in [0.25, 0.3) is 0 Å². The lowest BCUT2D eigenvalue weighted by Gasteiger charge is -2.18. The Morgan fingerprint density at radius 3 is 2.47 bits per heavy atom. The Morgan fingerprint density at radius 2 is 2.00 bits per heavy atom. The number of benzene rings is 1. The van der Waals surface area contributed by atoms with Crippen molar-refractivity contribution in [3.63, 3.8) is 0 Å². The molecule has 1 atom stereocenters. The molecule has 8 heteroatoms. The van der Waals surface area contributed by atoms with Crippen LogP contribution >= 0.6 is 31.9 Å². The highest BCUT2D eigenvalue weighted by atomic mass is 79.9. The molecule has 19 heavy (non-hydrogen) atoms. The van der Waals surface area contributed by atoms with E-state index in [0.29, 0.717) is 10.0 Å². The summed E-state index contributed by atoms with van der Waals surface area (Å²) in [5.41, 5.74) is 0.381. The summed E-state index contributed by atoms with van der Waals surface area (Å²) < 4.78 is 42.5. The Morgan fingerprint density at radius 1 is 1.37 bits per heavy atom. The summed E-state index contributed by atoms with van der Waals surface area (Å²) in [6.45, 7) is -1.28. The van der Waals surface area contributed by atoms with E-state index >= 15 is 0 Å². The molecule has 0 aliphatic heterocycles. The van der Waals surface area contributed by atoms with E-state index in [0.717, 1.165) is 11.6 Å². The predicted octanol–water partition coefficient (Wildman–Crippen LogP) is 3.58. The lowest BCUT2D eigenvalue weighted by molar-refractivity contribution is -0.146. The van der Waals surface area contributed by atoms with Crippen LogP contribution in [0.2, 0.25) is 0 Å². The molecule has 1 aromatic rings. The Kier molecular flexibility index (Phi) is 5.82. The summed E-state index contributed by atoms with van der Waals surface area (Å²) in [7, 11) is 1.12. The highest BCUT2D eigenvalue weighted by Gasteiger charge is 2.31. The van der Waals surface area contributed by atoms with Gasteiger partial charge in [-0.05, 0) is 49.6 Å². The number of esters is 1. The third-order valence-corrected chi connectivity index (χ3v) is 4.10. The number of hydrogen-bond acceptors (Lipinski definition) is 3. The van der Waals surface area contributed by atoms with Crippen molar-refractivity contribution in [3.05, 3.63) is 32.7 Å². The maximum atomic E-state index is 12.2. The van der Waals surface area contributed by atoms with Crippen molar-refractivity contribution in [2.75, 3.05) is 13.7 Å². The van der Waals surface area contributed by atoms with Crippen LogP contribution in [0.3, 0.4) is 0 Å². The second-order valence-electron chi connectivity index (χ2n) is 3.63. The number of ether oxygens (including phenoxy) is 1. The minimum atomic E-state index is -4.40. The molecule has 0 heterocycles. The van der Waals surface area contributed by atoms with Gasteiger partial charge in [0.1, 0.15) is 6.04 Å². The fourth-order valence-electron chi connectivity index (χ4n) is 1.36. The predicted molar refractivity (Wildman–Crippen MR) is 70.7 cm³/mol. The molecule has 0 saturated carbocycles. The monoisotopic (exact) mass is 403 g/mol. The summed E-state index contributed by atoms with van der Waals surface area (Å²) >= 11 is 6.47. The van der Waals surface area contributed by atoms with Crippen LogP contribution < -0.4 is 5.32 Å². The summed E-state index contributed by atoms with van der Waals surface area (Å²) in [6.07, 6.45) is -4.40. The Labute approximate surface area is 124 Å². The van der Waals surface area contributed by atoms with Crippen LogP contribution in [-0.2, 0) is 9.53 Å². The zero-order valence-electron chi connectivity index (χ0n) is 9.72. The standard InChI is InChI=1S/C11H10Br2F3NO2/c1-19-10(18)9(17-5-11(14,15)16)6-2-3-7(12)8(13)4-6/h2-4,9,17H,5H2,1H3. The summed E-state index contributed by atoms with van der Waals surface area (Å²) in [4.78, 5) is 11.5. The number of halogens is 5. The van der Waals surface area contributed by atoms with Gasteiger partial charge >= 0.3 is 12.1 Å². The second kappa shape index (κ2) is 6.71. The Bertz CT molecular complexity index is 466. The normalized spacial score (nSPS) is 13.2. The molecule has 106 valence electrons.